The largest absolute Gasteiger partial charge is 0.479 e. The Morgan fingerprint density at radius 2 is 1.47 bits per heavy atom. The molecular formula is C9H16Br2O8. The molecule has 0 aromatic rings. The van der Waals surface area contributed by atoms with Crippen LogP contribution in [0.1, 0.15) is 13.8 Å². The van der Waals surface area contributed by atoms with E-state index in [2.05, 4.69) is 32.2 Å². The molecule has 0 saturated heterocycles. The summed E-state index contributed by atoms with van der Waals surface area (Å²) in [5.41, 5.74) is -0.247. The maximum absolute atomic E-state index is 9.77. The van der Waals surface area contributed by atoms with Gasteiger partial charge in [-0.1, -0.05) is 29.8 Å². The Morgan fingerprint density at radius 3 is 1.58 bits per heavy atom. The minimum Gasteiger partial charge on any atom is -0.479 e. The van der Waals surface area contributed by atoms with Crippen molar-refractivity contribution in [3.63, 3.8) is 0 Å². The molecule has 0 saturated carbocycles. The highest BCUT2D eigenvalue weighted by Gasteiger charge is 2.29. The van der Waals surface area contributed by atoms with E-state index in [1.807, 2.05) is 13.8 Å². The van der Waals surface area contributed by atoms with Crippen molar-refractivity contribution in [2.24, 2.45) is 5.41 Å². The maximum atomic E-state index is 9.77. The Labute approximate surface area is 126 Å². The normalized spacial score (nSPS) is 15.7. The second-order valence-corrected chi connectivity index (χ2v) is 5.32. The molecule has 0 aliphatic heterocycles. The summed E-state index contributed by atoms with van der Waals surface area (Å²) < 4.78 is 4.78. The van der Waals surface area contributed by atoms with Crippen LogP contribution in [0.25, 0.3) is 0 Å². The third kappa shape index (κ3) is 8.50. The van der Waals surface area contributed by atoms with Crippen molar-refractivity contribution < 1.29 is 39.0 Å². The molecule has 19 heavy (non-hydrogen) atoms. The van der Waals surface area contributed by atoms with Gasteiger partial charge in [0.05, 0.1) is 22.9 Å². The van der Waals surface area contributed by atoms with Crippen LogP contribution < -0.4 is 0 Å². The first-order chi connectivity index (χ1) is 8.51. The van der Waals surface area contributed by atoms with E-state index in [0.717, 1.165) is 0 Å². The van der Waals surface area contributed by atoms with Crippen LogP contribution in [-0.4, -0.2) is 61.3 Å². The predicted molar refractivity (Wildman–Crippen MR) is 70.9 cm³/mol. The van der Waals surface area contributed by atoms with Gasteiger partial charge in [-0.05, 0) is 0 Å². The third-order valence-electron chi connectivity index (χ3n) is 1.91. The molecule has 0 radical (unpaired) electrons. The van der Waals surface area contributed by atoms with E-state index in [9.17, 15) is 9.59 Å². The highest BCUT2D eigenvalue weighted by atomic mass is 79.9. The Balaban J connectivity index is 0. The summed E-state index contributed by atoms with van der Waals surface area (Å²) >= 11 is 6.06. The molecular weight excluding hydrogens is 396 g/mol. The Morgan fingerprint density at radius 1 is 1.16 bits per heavy atom. The van der Waals surface area contributed by atoms with E-state index in [-0.39, 0.29) is 17.0 Å². The van der Waals surface area contributed by atoms with Crippen LogP contribution in [0.15, 0.2) is 0 Å². The van der Waals surface area contributed by atoms with E-state index in [1.54, 1.807) is 0 Å². The van der Waals surface area contributed by atoms with Crippen molar-refractivity contribution in [3.05, 3.63) is 0 Å². The molecule has 8 nitrogen and oxygen atoms in total. The number of rotatable bonds is 6. The fourth-order valence-corrected chi connectivity index (χ4v) is 1.11. The second kappa shape index (κ2) is 9.61. The fraction of sp³-hybridized carbons (Fsp3) is 0.778. The summed E-state index contributed by atoms with van der Waals surface area (Å²) in [7, 11) is 0. The van der Waals surface area contributed by atoms with Gasteiger partial charge in [0.15, 0.2) is 12.2 Å². The van der Waals surface area contributed by atoms with E-state index < -0.39 is 24.1 Å². The minimum absolute atomic E-state index is 0.0918. The molecule has 0 aromatic carbocycles. The molecule has 0 spiro atoms. The molecule has 10 heteroatoms. The van der Waals surface area contributed by atoms with Crippen LogP contribution in [0.5, 0.6) is 0 Å². The standard InChI is InChI=1S/C5H10Br2O2.C4H6O6/c1-5(2,3-8)4(6)9-7;5-1(3(7)8)2(6)4(9)10/h4,8H,3H2,1-2H3;1-2,5-6H,(H,7,8)(H,9,10). The number of aliphatic hydroxyl groups is 3. The van der Waals surface area contributed by atoms with Gasteiger partial charge in [0, 0.05) is 5.41 Å². The van der Waals surface area contributed by atoms with Crippen LogP contribution in [0.4, 0.5) is 0 Å². The van der Waals surface area contributed by atoms with Gasteiger partial charge < -0.3 is 25.5 Å². The van der Waals surface area contributed by atoms with Gasteiger partial charge in [-0.25, -0.2) is 9.59 Å². The van der Waals surface area contributed by atoms with Crippen molar-refractivity contribution in [1.29, 1.82) is 0 Å². The van der Waals surface area contributed by atoms with Crippen LogP contribution in [-0.2, 0) is 13.4 Å². The monoisotopic (exact) mass is 410 g/mol. The van der Waals surface area contributed by atoms with Crippen LogP contribution in [0.3, 0.4) is 0 Å². The molecule has 0 amide bonds. The Hall–Kier alpha value is -0.260. The van der Waals surface area contributed by atoms with Gasteiger partial charge in [0.25, 0.3) is 0 Å². The molecule has 0 fully saturated rings. The lowest BCUT2D eigenvalue weighted by Crippen LogP contribution is -2.39. The van der Waals surface area contributed by atoms with Gasteiger partial charge in [0.1, 0.15) is 5.01 Å². The maximum Gasteiger partial charge on any atom is 0.335 e. The quantitative estimate of drug-likeness (QED) is 0.382. The van der Waals surface area contributed by atoms with Crippen molar-refractivity contribution in [2.45, 2.75) is 31.1 Å². The number of carbonyl (C=O) groups is 2. The molecule has 0 bridgehead atoms. The second-order valence-electron chi connectivity index (χ2n) is 4.12. The van der Waals surface area contributed by atoms with Gasteiger partial charge in [0.2, 0.25) is 0 Å². The summed E-state index contributed by atoms with van der Waals surface area (Å²) in [5, 5.41) is 41.1. The van der Waals surface area contributed by atoms with Gasteiger partial charge in [-0.15, -0.1) is 0 Å². The lowest BCUT2D eigenvalue weighted by atomic mass is 9.97. The average molecular weight is 412 g/mol. The molecule has 0 aromatic heterocycles. The molecule has 3 unspecified atom stereocenters. The van der Waals surface area contributed by atoms with Crippen molar-refractivity contribution in [2.75, 3.05) is 6.61 Å². The minimum atomic E-state index is -2.27. The molecule has 0 heterocycles. The molecule has 3 atom stereocenters. The SMILES string of the molecule is CC(C)(CO)C(Br)OBr.O=C(O)C(O)C(O)C(=O)O. The average Bonchev–Trinajstić information content (AvgIpc) is 2.36. The van der Waals surface area contributed by atoms with Crippen molar-refractivity contribution in [1.82, 2.24) is 0 Å². The van der Waals surface area contributed by atoms with Gasteiger partial charge >= 0.3 is 11.9 Å². The van der Waals surface area contributed by atoms with Crippen LogP contribution in [0.2, 0.25) is 0 Å². The zero-order valence-electron chi connectivity index (χ0n) is 10.2. The first-order valence-corrected chi connectivity index (χ1v) is 6.41. The van der Waals surface area contributed by atoms with Gasteiger partial charge in [-0.2, -0.15) is 0 Å². The van der Waals surface area contributed by atoms with Crippen molar-refractivity contribution in [3.8, 4) is 0 Å². The number of hydrogen-bond donors (Lipinski definition) is 5. The zero-order valence-corrected chi connectivity index (χ0v) is 13.3. The topological polar surface area (TPSA) is 145 Å². The number of carboxylic acids is 2. The van der Waals surface area contributed by atoms with E-state index in [0.29, 0.717) is 0 Å². The number of alkyl halides is 1. The highest BCUT2D eigenvalue weighted by Crippen LogP contribution is 2.28. The number of aliphatic carboxylic acids is 2. The van der Waals surface area contributed by atoms with Crippen molar-refractivity contribution >= 4 is 44.1 Å². The summed E-state index contributed by atoms with van der Waals surface area (Å²) in [6.07, 6.45) is -4.53. The van der Waals surface area contributed by atoms with Crippen LogP contribution >= 0.6 is 32.2 Å². The van der Waals surface area contributed by atoms with Crippen LogP contribution in [0, 0.1) is 5.41 Å². The van der Waals surface area contributed by atoms with Gasteiger partial charge in [-0.3, -0.25) is 3.83 Å². The van der Waals surface area contributed by atoms with E-state index in [4.69, 9.17) is 29.4 Å². The summed E-state index contributed by atoms with van der Waals surface area (Å²) in [5.74, 6) is -3.54. The highest BCUT2D eigenvalue weighted by molar-refractivity contribution is 9.10. The molecule has 114 valence electrons. The lowest BCUT2D eigenvalue weighted by Gasteiger charge is -2.24. The summed E-state index contributed by atoms with van der Waals surface area (Å²) in [6.45, 7) is 3.88. The summed E-state index contributed by atoms with van der Waals surface area (Å²) in [4.78, 5) is 19.5. The van der Waals surface area contributed by atoms with E-state index >= 15 is 0 Å². The fourth-order valence-electron chi connectivity index (χ4n) is 0.462. The third-order valence-corrected chi connectivity index (χ3v) is 4.21. The van der Waals surface area contributed by atoms with E-state index in [1.165, 1.54) is 0 Å². The number of hydrogen-bond acceptors (Lipinski definition) is 6. The lowest BCUT2D eigenvalue weighted by molar-refractivity contribution is -0.165. The number of carboxylic acid groups (broad SMARTS) is 2. The Kier molecular flexibility index (Phi) is 10.6. The molecule has 5 N–H and O–H groups in total. The first-order valence-electron chi connectivity index (χ1n) is 4.85. The number of aliphatic hydroxyl groups excluding tert-OH is 3. The molecule has 0 rings (SSSR count). The summed E-state index contributed by atoms with van der Waals surface area (Å²) in [6, 6.07) is 0. The first kappa shape index (κ1) is 21.0. The smallest absolute Gasteiger partial charge is 0.335 e. The Bertz CT molecular complexity index is 278. The molecule has 0 aliphatic rings. The zero-order chi connectivity index (χ0) is 15.8. The number of halogens is 2. The predicted octanol–water partition coefficient (Wildman–Crippen LogP) is -0.0702. The molecule has 0 aliphatic carbocycles.